The van der Waals surface area contributed by atoms with Gasteiger partial charge in [-0.25, -0.2) is 0 Å². The van der Waals surface area contributed by atoms with Gasteiger partial charge in [-0.2, -0.15) is 0 Å². The van der Waals surface area contributed by atoms with Gasteiger partial charge in [0.05, 0.1) is 21.3 Å². The zero-order valence-corrected chi connectivity index (χ0v) is 17.6. The molecule has 0 fully saturated rings. The standard InChI is InChI=1S/C23H25NO6/c1-24-6-5-12-8-18-22(30-11-29-18)23(28-4)19(12)20(24)15-7-13-9-16(26-2)17(27-3)10-14(13)21(15)25/h8-10,15,20H,5-7,11H2,1-4H3/t15-,20+/m1/s1. The van der Waals surface area contributed by atoms with E-state index in [9.17, 15) is 4.79 Å². The third kappa shape index (κ3) is 2.65. The second-order valence-corrected chi connectivity index (χ2v) is 7.93. The highest BCUT2D eigenvalue weighted by Gasteiger charge is 2.44. The fourth-order valence-corrected chi connectivity index (χ4v) is 5.08. The molecule has 30 heavy (non-hydrogen) atoms. The van der Waals surface area contributed by atoms with Crippen molar-refractivity contribution < 1.29 is 28.5 Å². The van der Waals surface area contributed by atoms with Gasteiger partial charge < -0.3 is 23.7 Å². The van der Waals surface area contributed by atoms with E-state index in [1.54, 1.807) is 27.4 Å². The number of Topliss-reactive ketones (excluding diaryl/α,β-unsaturated/α-hetero) is 1. The molecule has 0 spiro atoms. The van der Waals surface area contributed by atoms with E-state index < -0.39 is 0 Å². The van der Waals surface area contributed by atoms with Crippen molar-refractivity contribution in [2.24, 2.45) is 5.92 Å². The molecular formula is C23H25NO6. The molecule has 2 heterocycles. The van der Waals surface area contributed by atoms with E-state index in [1.165, 1.54) is 0 Å². The lowest BCUT2D eigenvalue weighted by molar-refractivity contribution is 0.0816. The quantitative estimate of drug-likeness (QED) is 0.766. The van der Waals surface area contributed by atoms with Gasteiger partial charge in [-0.15, -0.1) is 0 Å². The molecule has 1 aliphatic carbocycles. The first-order chi connectivity index (χ1) is 14.6. The van der Waals surface area contributed by atoms with Crippen LogP contribution in [0, 0.1) is 5.92 Å². The van der Waals surface area contributed by atoms with Gasteiger partial charge in [-0.1, -0.05) is 0 Å². The lowest BCUT2D eigenvalue weighted by Crippen LogP contribution is -2.39. The summed E-state index contributed by atoms with van der Waals surface area (Å²) in [5.41, 5.74) is 3.87. The van der Waals surface area contributed by atoms with E-state index >= 15 is 0 Å². The van der Waals surface area contributed by atoms with Gasteiger partial charge in [-0.05, 0) is 49.2 Å². The summed E-state index contributed by atoms with van der Waals surface area (Å²) in [6.45, 7) is 1.04. The van der Waals surface area contributed by atoms with Crippen LogP contribution in [0.1, 0.15) is 33.1 Å². The molecule has 2 aromatic rings. The summed E-state index contributed by atoms with van der Waals surface area (Å²) < 4.78 is 28.0. The first-order valence-corrected chi connectivity index (χ1v) is 10.1. The predicted molar refractivity (Wildman–Crippen MR) is 109 cm³/mol. The average Bonchev–Trinajstić information content (AvgIpc) is 3.35. The molecule has 0 aromatic heterocycles. The van der Waals surface area contributed by atoms with Crippen LogP contribution in [0.4, 0.5) is 0 Å². The summed E-state index contributed by atoms with van der Waals surface area (Å²) in [5, 5.41) is 0. The summed E-state index contributed by atoms with van der Waals surface area (Å²) >= 11 is 0. The fraction of sp³-hybridized carbons (Fsp3) is 0.435. The summed E-state index contributed by atoms with van der Waals surface area (Å²) in [6.07, 6.45) is 1.51. The van der Waals surface area contributed by atoms with Gasteiger partial charge in [0, 0.05) is 29.6 Å². The second kappa shape index (κ2) is 7.09. The highest BCUT2D eigenvalue weighted by Crippen LogP contribution is 2.53. The topological polar surface area (TPSA) is 66.5 Å². The van der Waals surface area contributed by atoms with Crippen LogP contribution in [0.5, 0.6) is 28.7 Å². The van der Waals surface area contributed by atoms with Gasteiger partial charge in [0.25, 0.3) is 0 Å². The highest BCUT2D eigenvalue weighted by atomic mass is 16.7. The minimum absolute atomic E-state index is 0.116. The van der Waals surface area contributed by atoms with Crippen LogP contribution >= 0.6 is 0 Å². The number of benzene rings is 2. The monoisotopic (exact) mass is 411 g/mol. The maximum Gasteiger partial charge on any atom is 0.231 e. The number of methoxy groups -OCH3 is 3. The Kier molecular flexibility index (Phi) is 4.50. The van der Waals surface area contributed by atoms with Crippen LogP contribution in [0.25, 0.3) is 0 Å². The third-order valence-corrected chi connectivity index (χ3v) is 6.48. The maximum absolute atomic E-state index is 13.5. The molecule has 158 valence electrons. The molecule has 3 aliphatic rings. The number of ketones is 1. The van der Waals surface area contributed by atoms with Crippen LogP contribution in [0.15, 0.2) is 18.2 Å². The smallest absolute Gasteiger partial charge is 0.231 e. The van der Waals surface area contributed by atoms with Gasteiger partial charge in [0.2, 0.25) is 12.5 Å². The van der Waals surface area contributed by atoms with Crippen LogP contribution in [-0.2, 0) is 12.8 Å². The number of hydrogen-bond donors (Lipinski definition) is 0. The number of nitrogens with zero attached hydrogens (tertiary/aromatic N) is 1. The van der Waals surface area contributed by atoms with Crippen molar-refractivity contribution in [2.75, 3.05) is 41.7 Å². The van der Waals surface area contributed by atoms with E-state index in [4.69, 9.17) is 23.7 Å². The van der Waals surface area contributed by atoms with Crippen LogP contribution in [0.2, 0.25) is 0 Å². The molecule has 0 saturated heterocycles. The highest BCUT2D eigenvalue weighted by molar-refractivity contribution is 6.03. The minimum Gasteiger partial charge on any atom is -0.493 e. The van der Waals surface area contributed by atoms with E-state index in [0.717, 1.165) is 29.7 Å². The number of likely N-dealkylation sites (N-methyl/N-ethyl adjacent to an activating group) is 1. The van der Waals surface area contributed by atoms with Crippen LogP contribution in [0.3, 0.4) is 0 Å². The Morgan fingerprint density at radius 1 is 1.00 bits per heavy atom. The molecule has 7 heteroatoms. The van der Waals surface area contributed by atoms with Crippen molar-refractivity contribution in [3.63, 3.8) is 0 Å². The van der Waals surface area contributed by atoms with Gasteiger partial charge in [-0.3, -0.25) is 9.69 Å². The molecule has 7 nitrogen and oxygen atoms in total. The second-order valence-electron chi connectivity index (χ2n) is 7.93. The Bertz CT molecular complexity index is 1030. The first kappa shape index (κ1) is 19.1. The Balaban J connectivity index is 1.61. The van der Waals surface area contributed by atoms with Crippen molar-refractivity contribution in [3.05, 3.63) is 40.5 Å². The average molecular weight is 411 g/mol. The number of carbonyl (C=O) groups is 1. The van der Waals surface area contributed by atoms with Crippen molar-refractivity contribution in [3.8, 4) is 28.7 Å². The first-order valence-electron chi connectivity index (χ1n) is 10.1. The summed E-state index contributed by atoms with van der Waals surface area (Å²) in [7, 11) is 6.90. The molecule has 0 saturated carbocycles. The SMILES string of the molecule is COc1cc2c(cc1OC)C(=O)[C@@H]([C@H]1c3c(cc4c(c3OC)OCO4)CCN1C)C2. The zero-order valence-electron chi connectivity index (χ0n) is 17.6. The van der Waals surface area contributed by atoms with Gasteiger partial charge in [0.1, 0.15) is 0 Å². The van der Waals surface area contributed by atoms with E-state index in [2.05, 4.69) is 11.9 Å². The van der Waals surface area contributed by atoms with Crippen molar-refractivity contribution >= 4 is 5.78 Å². The van der Waals surface area contributed by atoms with Crippen molar-refractivity contribution in [1.82, 2.24) is 4.90 Å². The van der Waals surface area contributed by atoms with E-state index in [-0.39, 0.29) is 24.5 Å². The lowest BCUT2D eigenvalue weighted by Gasteiger charge is -2.38. The number of fused-ring (bicyclic) bond motifs is 3. The number of hydrogen-bond acceptors (Lipinski definition) is 7. The van der Waals surface area contributed by atoms with E-state index in [1.807, 2.05) is 12.1 Å². The molecule has 0 N–H and O–H groups in total. The molecule has 2 aromatic carbocycles. The predicted octanol–water partition coefficient (Wildman–Crippen LogP) is 3.03. The normalized spacial score (nSPS) is 21.9. The van der Waals surface area contributed by atoms with E-state index in [0.29, 0.717) is 40.7 Å². The molecule has 0 radical (unpaired) electrons. The zero-order chi connectivity index (χ0) is 21.0. The summed E-state index contributed by atoms with van der Waals surface area (Å²) in [4.78, 5) is 15.8. The summed E-state index contributed by atoms with van der Waals surface area (Å²) in [5.74, 6) is 3.12. The van der Waals surface area contributed by atoms with Crippen molar-refractivity contribution in [1.29, 1.82) is 0 Å². The Morgan fingerprint density at radius 3 is 2.50 bits per heavy atom. The molecule has 0 unspecified atom stereocenters. The largest absolute Gasteiger partial charge is 0.493 e. The lowest BCUT2D eigenvalue weighted by atomic mass is 9.82. The fourth-order valence-electron chi connectivity index (χ4n) is 5.08. The van der Waals surface area contributed by atoms with Gasteiger partial charge >= 0.3 is 0 Å². The Morgan fingerprint density at radius 2 is 1.77 bits per heavy atom. The minimum atomic E-state index is -0.227. The number of rotatable bonds is 4. The Hall–Kier alpha value is -2.93. The number of ether oxygens (including phenoxy) is 5. The van der Waals surface area contributed by atoms with Crippen LogP contribution in [-0.4, -0.2) is 52.4 Å². The molecule has 0 amide bonds. The maximum atomic E-state index is 13.5. The molecular weight excluding hydrogens is 386 g/mol. The molecule has 2 atom stereocenters. The molecule has 5 rings (SSSR count). The van der Waals surface area contributed by atoms with Crippen LogP contribution < -0.4 is 23.7 Å². The molecule has 0 bridgehead atoms. The van der Waals surface area contributed by atoms with Crippen molar-refractivity contribution in [2.45, 2.75) is 18.9 Å². The third-order valence-electron chi connectivity index (χ3n) is 6.48. The van der Waals surface area contributed by atoms with Gasteiger partial charge in [0.15, 0.2) is 28.8 Å². The number of carbonyl (C=O) groups excluding carboxylic acids is 1. The summed E-state index contributed by atoms with van der Waals surface area (Å²) in [6, 6.07) is 5.65. The molecule has 2 aliphatic heterocycles. The Labute approximate surface area is 175 Å².